The monoisotopic (exact) mass is 391 g/mol. The van der Waals surface area contributed by atoms with Gasteiger partial charge in [-0.2, -0.15) is 9.36 Å². The quantitative estimate of drug-likeness (QED) is 0.721. The lowest BCUT2D eigenvalue weighted by atomic mass is 10.2. The third-order valence-electron chi connectivity index (χ3n) is 3.47. The molecule has 0 aliphatic rings. The minimum atomic E-state index is -3.74. The van der Waals surface area contributed by atoms with Crippen LogP contribution in [0.2, 0.25) is 0 Å². The van der Waals surface area contributed by atoms with Gasteiger partial charge >= 0.3 is 0 Å². The third-order valence-corrected chi connectivity index (χ3v) is 5.67. The van der Waals surface area contributed by atoms with Gasteiger partial charge in [-0.15, -0.1) is 0 Å². The maximum absolute atomic E-state index is 13.2. The molecule has 134 valence electrons. The van der Waals surface area contributed by atoms with Crippen molar-refractivity contribution in [3.63, 3.8) is 0 Å². The fourth-order valence-electron chi connectivity index (χ4n) is 2.15. The van der Waals surface area contributed by atoms with Crippen molar-refractivity contribution in [2.24, 2.45) is 0 Å². The molecule has 2 aromatic carbocycles. The van der Waals surface area contributed by atoms with Crippen LogP contribution in [0.15, 0.2) is 53.7 Å². The van der Waals surface area contributed by atoms with Crippen molar-refractivity contribution in [1.29, 1.82) is 0 Å². The Morgan fingerprint density at radius 1 is 1.19 bits per heavy atom. The standard InChI is InChI=1S/C17H14FN3O3S2/c1-11-5-7-12(8-6-11)10-26(23,24)17-20-16(25-21-17)19-15(22)13-3-2-4-14(18)9-13/h2-9H,10H2,1H3,(H,19,20,21,22). The Morgan fingerprint density at radius 3 is 2.62 bits per heavy atom. The summed E-state index contributed by atoms with van der Waals surface area (Å²) in [5.74, 6) is -1.37. The minimum absolute atomic E-state index is 0.0294. The number of halogens is 1. The number of rotatable bonds is 5. The Morgan fingerprint density at radius 2 is 1.92 bits per heavy atom. The van der Waals surface area contributed by atoms with E-state index in [-0.39, 0.29) is 21.6 Å². The van der Waals surface area contributed by atoms with Crippen LogP contribution in [0.1, 0.15) is 21.5 Å². The number of aryl methyl sites for hydroxylation is 1. The molecule has 0 aliphatic carbocycles. The number of anilines is 1. The number of benzene rings is 2. The van der Waals surface area contributed by atoms with E-state index in [1.807, 2.05) is 19.1 Å². The van der Waals surface area contributed by atoms with Crippen LogP contribution < -0.4 is 5.32 Å². The van der Waals surface area contributed by atoms with E-state index in [1.165, 1.54) is 18.2 Å². The van der Waals surface area contributed by atoms with Gasteiger partial charge in [-0.3, -0.25) is 10.1 Å². The summed E-state index contributed by atoms with van der Waals surface area (Å²) in [6, 6.07) is 12.2. The van der Waals surface area contributed by atoms with Crippen LogP contribution in [0.4, 0.5) is 9.52 Å². The fourth-order valence-corrected chi connectivity index (χ4v) is 4.24. The number of nitrogens with one attached hydrogen (secondary N) is 1. The number of amides is 1. The number of carbonyl (C=O) groups excluding carboxylic acids is 1. The SMILES string of the molecule is Cc1ccc(CS(=O)(=O)c2nsc(NC(=O)c3cccc(F)c3)n2)cc1. The lowest BCUT2D eigenvalue weighted by Gasteiger charge is -2.02. The molecule has 6 nitrogen and oxygen atoms in total. The highest BCUT2D eigenvalue weighted by molar-refractivity contribution is 7.90. The Kier molecular flexibility index (Phi) is 5.10. The smallest absolute Gasteiger partial charge is 0.261 e. The van der Waals surface area contributed by atoms with Crippen LogP contribution in [0, 0.1) is 12.7 Å². The van der Waals surface area contributed by atoms with Gasteiger partial charge in [0.25, 0.3) is 11.1 Å². The Hall–Kier alpha value is -2.65. The first-order valence-electron chi connectivity index (χ1n) is 7.52. The van der Waals surface area contributed by atoms with Crippen molar-refractivity contribution in [3.8, 4) is 0 Å². The average molecular weight is 391 g/mol. The van der Waals surface area contributed by atoms with Gasteiger partial charge in [0, 0.05) is 17.1 Å². The summed E-state index contributed by atoms with van der Waals surface area (Å²) >= 11 is 0.751. The molecule has 0 bridgehead atoms. The van der Waals surface area contributed by atoms with Crippen molar-refractivity contribution < 1.29 is 17.6 Å². The zero-order chi connectivity index (χ0) is 18.7. The summed E-state index contributed by atoms with van der Waals surface area (Å²) in [4.78, 5) is 15.9. The predicted molar refractivity (Wildman–Crippen MR) is 96.3 cm³/mol. The van der Waals surface area contributed by atoms with Gasteiger partial charge in [0.15, 0.2) is 0 Å². The van der Waals surface area contributed by atoms with Crippen LogP contribution >= 0.6 is 11.5 Å². The Balaban J connectivity index is 1.74. The van der Waals surface area contributed by atoms with Crippen molar-refractivity contribution in [1.82, 2.24) is 9.36 Å². The molecule has 9 heteroatoms. The molecule has 0 fully saturated rings. The molecule has 1 aromatic heterocycles. The van der Waals surface area contributed by atoms with E-state index in [9.17, 15) is 17.6 Å². The predicted octanol–water partition coefficient (Wildman–Crippen LogP) is 3.21. The number of sulfone groups is 1. The molecule has 0 radical (unpaired) electrons. The van der Waals surface area contributed by atoms with Gasteiger partial charge in [0.05, 0.1) is 5.75 Å². The van der Waals surface area contributed by atoms with E-state index in [1.54, 1.807) is 12.1 Å². The third kappa shape index (κ3) is 4.30. The van der Waals surface area contributed by atoms with E-state index in [0.29, 0.717) is 5.56 Å². The van der Waals surface area contributed by atoms with E-state index in [4.69, 9.17) is 0 Å². The van der Waals surface area contributed by atoms with Crippen molar-refractivity contribution in [2.75, 3.05) is 5.32 Å². The topological polar surface area (TPSA) is 89.0 Å². The van der Waals surface area contributed by atoms with Gasteiger partial charge in [0.1, 0.15) is 5.82 Å². The molecule has 1 heterocycles. The second-order valence-corrected chi connectivity index (χ2v) is 8.23. The van der Waals surface area contributed by atoms with Gasteiger partial charge in [0.2, 0.25) is 15.0 Å². The molecule has 3 aromatic rings. The molecule has 1 amide bonds. The molecule has 26 heavy (non-hydrogen) atoms. The normalized spacial score (nSPS) is 11.3. The molecule has 0 atom stereocenters. The molecular weight excluding hydrogens is 377 g/mol. The van der Waals surface area contributed by atoms with Gasteiger partial charge in [-0.05, 0) is 30.7 Å². The number of carbonyl (C=O) groups is 1. The number of hydrogen-bond acceptors (Lipinski definition) is 6. The van der Waals surface area contributed by atoms with E-state index >= 15 is 0 Å². The maximum atomic E-state index is 13.2. The van der Waals surface area contributed by atoms with Crippen molar-refractivity contribution in [2.45, 2.75) is 17.8 Å². The maximum Gasteiger partial charge on any atom is 0.261 e. The molecule has 3 rings (SSSR count). The summed E-state index contributed by atoms with van der Waals surface area (Å²) in [7, 11) is -3.74. The summed E-state index contributed by atoms with van der Waals surface area (Å²) in [5.41, 5.74) is 1.75. The van der Waals surface area contributed by atoms with Gasteiger partial charge in [-0.25, -0.2) is 12.8 Å². The first kappa shape index (κ1) is 18.2. The first-order valence-corrected chi connectivity index (χ1v) is 9.95. The second-order valence-electron chi connectivity index (χ2n) is 5.59. The largest absolute Gasteiger partial charge is 0.297 e. The first-order chi connectivity index (χ1) is 12.3. The van der Waals surface area contributed by atoms with E-state index in [2.05, 4.69) is 14.7 Å². The minimum Gasteiger partial charge on any atom is -0.297 e. The van der Waals surface area contributed by atoms with Crippen LogP contribution in [-0.4, -0.2) is 23.7 Å². The molecule has 0 aliphatic heterocycles. The summed E-state index contributed by atoms with van der Waals surface area (Å²) in [6.45, 7) is 1.91. The Labute approximate surface area is 153 Å². The van der Waals surface area contributed by atoms with Crippen LogP contribution in [0.5, 0.6) is 0 Å². The molecule has 0 spiro atoms. The van der Waals surface area contributed by atoms with Gasteiger partial charge in [-0.1, -0.05) is 35.9 Å². The van der Waals surface area contributed by atoms with E-state index in [0.717, 1.165) is 23.2 Å². The zero-order valence-electron chi connectivity index (χ0n) is 13.6. The van der Waals surface area contributed by atoms with E-state index < -0.39 is 21.6 Å². The molecule has 0 saturated carbocycles. The van der Waals surface area contributed by atoms with Crippen LogP contribution in [0.25, 0.3) is 0 Å². The highest BCUT2D eigenvalue weighted by atomic mass is 32.2. The second kappa shape index (κ2) is 7.30. The highest BCUT2D eigenvalue weighted by Gasteiger charge is 2.22. The molecular formula is C17H14FN3O3S2. The highest BCUT2D eigenvalue weighted by Crippen LogP contribution is 2.20. The Bertz CT molecular complexity index is 1050. The summed E-state index contributed by atoms with van der Waals surface area (Å²) in [5, 5.41) is 2.10. The molecule has 0 saturated heterocycles. The number of nitrogens with zero attached hydrogens (tertiary/aromatic N) is 2. The molecule has 0 unspecified atom stereocenters. The number of aromatic nitrogens is 2. The van der Waals surface area contributed by atoms with Crippen LogP contribution in [0.3, 0.4) is 0 Å². The number of hydrogen-bond donors (Lipinski definition) is 1. The zero-order valence-corrected chi connectivity index (χ0v) is 15.3. The lowest BCUT2D eigenvalue weighted by Crippen LogP contribution is -2.12. The van der Waals surface area contributed by atoms with Crippen LogP contribution in [-0.2, 0) is 15.6 Å². The lowest BCUT2D eigenvalue weighted by molar-refractivity contribution is 0.102. The fraction of sp³-hybridized carbons (Fsp3) is 0.118. The van der Waals surface area contributed by atoms with Gasteiger partial charge < -0.3 is 0 Å². The summed E-state index contributed by atoms with van der Waals surface area (Å²) < 4.78 is 41.8. The average Bonchev–Trinajstić information content (AvgIpc) is 3.06. The van der Waals surface area contributed by atoms with Crippen molar-refractivity contribution >= 4 is 32.4 Å². The molecule has 1 N–H and O–H groups in total. The summed E-state index contributed by atoms with van der Waals surface area (Å²) in [6.07, 6.45) is 0. The van der Waals surface area contributed by atoms with Crippen molar-refractivity contribution in [3.05, 3.63) is 71.0 Å².